The molecule has 0 bridgehead atoms. The standard InChI is InChI=1S/C13H22N4S/c14-9-11-1-3-12(4-2-11)10-16-13(15)17-5-7-18-8-6-17/h11-12H,1-8,10H2,(H2,15,16). The third-order valence-electron chi connectivity index (χ3n) is 3.88. The van der Waals surface area contributed by atoms with Crippen LogP contribution in [0.15, 0.2) is 4.99 Å². The average Bonchev–Trinajstić information content (AvgIpc) is 2.46. The first-order valence-corrected chi connectivity index (χ1v) is 7.97. The van der Waals surface area contributed by atoms with E-state index >= 15 is 0 Å². The maximum Gasteiger partial charge on any atom is 0.191 e. The van der Waals surface area contributed by atoms with E-state index in [4.69, 9.17) is 11.0 Å². The van der Waals surface area contributed by atoms with E-state index in [-0.39, 0.29) is 5.92 Å². The van der Waals surface area contributed by atoms with Gasteiger partial charge in [0.2, 0.25) is 0 Å². The van der Waals surface area contributed by atoms with Crippen LogP contribution in [0, 0.1) is 23.2 Å². The average molecular weight is 266 g/mol. The molecule has 2 aliphatic rings. The molecule has 2 fully saturated rings. The van der Waals surface area contributed by atoms with Crippen LogP contribution in [-0.2, 0) is 0 Å². The lowest BCUT2D eigenvalue weighted by Crippen LogP contribution is -2.43. The summed E-state index contributed by atoms with van der Waals surface area (Å²) in [5.74, 6) is 3.94. The van der Waals surface area contributed by atoms with E-state index in [2.05, 4.69) is 16.0 Å². The Morgan fingerprint density at radius 2 is 1.94 bits per heavy atom. The quantitative estimate of drug-likeness (QED) is 0.610. The molecule has 1 saturated carbocycles. The number of guanidine groups is 1. The summed E-state index contributed by atoms with van der Waals surface area (Å²) in [7, 11) is 0. The van der Waals surface area contributed by atoms with Crippen LogP contribution in [0.3, 0.4) is 0 Å². The van der Waals surface area contributed by atoms with Gasteiger partial charge in [0.25, 0.3) is 0 Å². The molecule has 1 aliphatic heterocycles. The molecule has 1 heterocycles. The Kier molecular flexibility index (Phi) is 5.18. The molecule has 0 atom stereocenters. The second kappa shape index (κ2) is 6.89. The molecule has 0 amide bonds. The normalized spacial score (nSPS) is 29.9. The minimum Gasteiger partial charge on any atom is -0.370 e. The van der Waals surface area contributed by atoms with Crippen molar-refractivity contribution in [3.05, 3.63) is 0 Å². The molecule has 4 nitrogen and oxygen atoms in total. The molecule has 5 heteroatoms. The fourth-order valence-corrected chi connectivity index (χ4v) is 3.49. The summed E-state index contributed by atoms with van der Waals surface area (Å²) in [6.45, 7) is 2.90. The van der Waals surface area contributed by atoms with Crippen molar-refractivity contribution in [2.24, 2.45) is 22.6 Å². The fourth-order valence-electron chi connectivity index (χ4n) is 2.59. The minimum atomic E-state index is 0.279. The van der Waals surface area contributed by atoms with E-state index in [1.165, 1.54) is 0 Å². The summed E-state index contributed by atoms with van der Waals surface area (Å²) in [5.41, 5.74) is 6.03. The van der Waals surface area contributed by atoms with Gasteiger partial charge in [-0.25, -0.2) is 0 Å². The third-order valence-corrected chi connectivity index (χ3v) is 4.82. The Balaban J connectivity index is 1.74. The highest BCUT2D eigenvalue weighted by Gasteiger charge is 2.21. The van der Waals surface area contributed by atoms with Crippen molar-refractivity contribution in [3.8, 4) is 6.07 Å². The van der Waals surface area contributed by atoms with Gasteiger partial charge in [-0.05, 0) is 31.6 Å². The maximum absolute atomic E-state index is 8.86. The largest absolute Gasteiger partial charge is 0.370 e. The highest BCUT2D eigenvalue weighted by Crippen LogP contribution is 2.28. The van der Waals surface area contributed by atoms with E-state index in [1.54, 1.807) is 0 Å². The van der Waals surface area contributed by atoms with Crippen LogP contribution in [0.4, 0.5) is 0 Å². The van der Waals surface area contributed by atoms with Crippen LogP contribution in [0.25, 0.3) is 0 Å². The molecule has 0 unspecified atom stereocenters. The first-order chi connectivity index (χ1) is 8.79. The van der Waals surface area contributed by atoms with E-state index in [9.17, 15) is 0 Å². The minimum absolute atomic E-state index is 0.279. The molecule has 1 aliphatic carbocycles. The molecule has 18 heavy (non-hydrogen) atoms. The summed E-state index contributed by atoms with van der Waals surface area (Å²) < 4.78 is 0. The number of aliphatic imine (C=N–C) groups is 1. The second-order valence-electron chi connectivity index (χ2n) is 5.15. The summed E-state index contributed by atoms with van der Waals surface area (Å²) in [4.78, 5) is 6.74. The summed E-state index contributed by atoms with van der Waals surface area (Å²) >= 11 is 1.98. The zero-order chi connectivity index (χ0) is 12.8. The number of rotatable bonds is 2. The predicted molar refractivity (Wildman–Crippen MR) is 76.4 cm³/mol. The number of hydrogen-bond acceptors (Lipinski definition) is 3. The van der Waals surface area contributed by atoms with Gasteiger partial charge in [0, 0.05) is 37.1 Å². The van der Waals surface area contributed by atoms with Crippen molar-refractivity contribution in [1.29, 1.82) is 5.26 Å². The van der Waals surface area contributed by atoms with Crippen LogP contribution in [0.1, 0.15) is 25.7 Å². The van der Waals surface area contributed by atoms with E-state index in [0.717, 1.165) is 62.8 Å². The van der Waals surface area contributed by atoms with E-state index in [0.29, 0.717) is 5.92 Å². The van der Waals surface area contributed by atoms with Crippen molar-refractivity contribution < 1.29 is 0 Å². The lowest BCUT2D eigenvalue weighted by atomic mass is 9.83. The fraction of sp³-hybridized carbons (Fsp3) is 0.846. The highest BCUT2D eigenvalue weighted by molar-refractivity contribution is 7.99. The van der Waals surface area contributed by atoms with Gasteiger partial charge in [-0.1, -0.05) is 0 Å². The molecular weight excluding hydrogens is 244 g/mol. The summed E-state index contributed by atoms with van der Waals surface area (Å²) in [6, 6.07) is 2.37. The van der Waals surface area contributed by atoms with Crippen molar-refractivity contribution in [1.82, 2.24) is 4.90 Å². The molecule has 0 spiro atoms. The first-order valence-electron chi connectivity index (χ1n) is 6.82. The molecule has 1 saturated heterocycles. The zero-order valence-corrected chi connectivity index (χ0v) is 11.7. The Morgan fingerprint density at radius 3 is 2.56 bits per heavy atom. The Morgan fingerprint density at radius 1 is 1.28 bits per heavy atom. The number of hydrogen-bond donors (Lipinski definition) is 1. The molecular formula is C13H22N4S. The Labute approximate surface area is 114 Å². The first kappa shape index (κ1) is 13.5. The van der Waals surface area contributed by atoms with Crippen molar-refractivity contribution in [2.75, 3.05) is 31.1 Å². The molecule has 100 valence electrons. The van der Waals surface area contributed by atoms with E-state index < -0.39 is 0 Å². The molecule has 2 rings (SSSR count). The number of nitriles is 1. The number of nitrogens with zero attached hydrogens (tertiary/aromatic N) is 3. The van der Waals surface area contributed by atoms with Gasteiger partial charge in [0.1, 0.15) is 0 Å². The van der Waals surface area contributed by atoms with Gasteiger partial charge in [-0.15, -0.1) is 0 Å². The van der Waals surface area contributed by atoms with E-state index in [1.807, 2.05) is 11.8 Å². The zero-order valence-electron chi connectivity index (χ0n) is 10.8. The lowest BCUT2D eigenvalue weighted by molar-refractivity contribution is 0.320. The van der Waals surface area contributed by atoms with Crippen LogP contribution < -0.4 is 5.73 Å². The van der Waals surface area contributed by atoms with Gasteiger partial charge in [-0.3, -0.25) is 4.99 Å². The monoisotopic (exact) mass is 266 g/mol. The van der Waals surface area contributed by atoms with Gasteiger partial charge < -0.3 is 10.6 Å². The van der Waals surface area contributed by atoms with Gasteiger partial charge in [-0.2, -0.15) is 17.0 Å². The smallest absolute Gasteiger partial charge is 0.191 e. The van der Waals surface area contributed by atoms with Crippen LogP contribution in [-0.4, -0.2) is 42.0 Å². The summed E-state index contributed by atoms with van der Waals surface area (Å²) in [6.07, 6.45) is 4.34. The summed E-state index contributed by atoms with van der Waals surface area (Å²) in [5, 5.41) is 8.86. The van der Waals surface area contributed by atoms with Crippen LogP contribution in [0.5, 0.6) is 0 Å². The second-order valence-corrected chi connectivity index (χ2v) is 6.37. The van der Waals surface area contributed by atoms with Gasteiger partial charge >= 0.3 is 0 Å². The SMILES string of the molecule is N#CC1CCC(CN=C(N)N2CCSCC2)CC1. The van der Waals surface area contributed by atoms with Crippen LogP contribution >= 0.6 is 11.8 Å². The number of nitrogens with two attached hydrogens (primary N) is 1. The topological polar surface area (TPSA) is 65.4 Å². The van der Waals surface area contributed by atoms with Gasteiger partial charge in [0.05, 0.1) is 6.07 Å². The molecule has 0 aromatic heterocycles. The number of thioether (sulfide) groups is 1. The molecule has 2 N–H and O–H groups in total. The lowest BCUT2D eigenvalue weighted by Gasteiger charge is -2.28. The predicted octanol–water partition coefficient (Wildman–Crippen LogP) is 1.68. The molecule has 0 aromatic carbocycles. The highest BCUT2D eigenvalue weighted by atomic mass is 32.2. The maximum atomic E-state index is 8.86. The van der Waals surface area contributed by atoms with Crippen molar-refractivity contribution >= 4 is 17.7 Å². The Hall–Kier alpha value is -0.890. The van der Waals surface area contributed by atoms with Crippen molar-refractivity contribution in [2.45, 2.75) is 25.7 Å². The van der Waals surface area contributed by atoms with Crippen LogP contribution in [0.2, 0.25) is 0 Å². The molecule has 0 aromatic rings. The third kappa shape index (κ3) is 3.81. The molecule has 0 radical (unpaired) electrons. The van der Waals surface area contributed by atoms with Crippen molar-refractivity contribution in [3.63, 3.8) is 0 Å². The van der Waals surface area contributed by atoms with Gasteiger partial charge in [0.15, 0.2) is 5.96 Å². The Bertz CT molecular complexity index is 322.